The van der Waals surface area contributed by atoms with Gasteiger partial charge in [-0.3, -0.25) is 0 Å². The fourth-order valence-electron chi connectivity index (χ4n) is 2.41. The van der Waals surface area contributed by atoms with Crippen LogP contribution in [-0.4, -0.2) is 16.0 Å². The molecule has 1 saturated carbocycles. The third kappa shape index (κ3) is 3.24. The third-order valence-corrected chi connectivity index (χ3v) is 3.75. The van der Waals surface area contributed by atoms with Crippen LogP contribution in [0, 0.1) is 0 Å². The maximum atomic E-state index is 5.85. The number of nitrogens with two attached hydrogens (primary N) is 1. The Bertz CT molecular complexity index is 713. The van der Waals surface area contributed by atoms with Crippen molar-refractivity contribution in [2.75, 3.05) is 6.61 Å². The Labute approximate surface area is 130 Å². The predicted octanol–water partition coefficient (Wildman–Crippen LogP) is 2.65. The number of imidazole rings is 1. The molecular weight excluding hydrogens is 276 g/mol. The molecule has 0 saturated heterocycles. The Morgan fingerprint density at radius 2 is 2.32 bits per heavy atom. The number of nitrogens with one attached hydrogen (secondary N) is 1. The van der Waals surface area contributed by atoms with E-state index in [0.717, 1.165) is 17.3 Å². The molecule has 2 aromatic heterocycles. The average Bonchev–Trinajstić information content (AvgIpc) is 3.27. The van der Waals surface area contributed by atoms with Crippen LogP contribution in [-0.2, 0) is 11.3 Å². The smallest absolute Gasteiger partial charge is 0.137 e. The lowest BCUT2D eigenvalue weighted by molar-refractivity contribution is 0.238. The van der Waals surface area contributed by atoms with Crippen LogP contribution in [0.15, 0.2) is 48.8 Å². The highest BCUT2D eigenvalue weighted by Crippen LogP contribution is 2.39. The van der Waals surface area contributed by atoms with Gasteiger partial charge in [0.1, 0.15) is 11.4 Å². The Kier molecular flexibility index (Phi) is 4.04. The SMILES string of the molecule is C=C(OCC)/C(N)=C/NCc1cn2cc(C3CC3)ccc2n1. The number of hydrogen-bond acceptors (Lipinski definition) is 4. The highest BCUT2D eigenvalue weighted by atomic mass is 16.5. The Morgan fingerprint density at radius 1 is 1.50 bits per heavy atom. The van der Waals surface area contributed by atoms with Crippen LogP contribution in [0.5, 0.6) is 0 Å². The number of pyridine rings is 1. The van der Waals surface area contributed by atoms with E-state index in [-0.39, 0.29) is 0 Å². The van der Waals surface area contributed by atoms with Crippen molar-refractivity contribution in [3.8, 4) is 0 Å². The molecule has 0 aliphatic heterocycles. The van der Waals surface area contributed by atoms with E-state index in [1.54, 1.807) is 6.20 Å². The summed E-state index contributed by atoms with van der Waals surface area (Å²) in [6.07, 6.45) is 8.56. The maximum Gasteiger partial charge on any atom is 0.137 e. The molecule has 1 aliphatic rings. The quantitative estimate of drug-likeness (QED) is 0.609. The maximum absolute atomic E-state index is 5.85. The molecule has 5 nitrogen and oxygen atoms in total. The van der Waals surface area contributed by atoms with Gasteiger partial charge in [0.05, 0.1) is 24.5 Å². The van der Waals surface area contributed by atoms with Gasteiger partial charge in [-0.1, -0.05) is 12.6 Å². The van der Waals surface area contributed by atoms with E-state index in [2.05, 4.69) is 45.8 Å². The fourth-order valence-corrected chi connectivity index (χ4v) is 2.41. The van der Waals surface area contributed by atoms with Crippen LogP contribution in [0.4, 0.5) is 0 Å². The van der Waals surface area contributed by atoms with Crippen molar-refractivity contribution in [2.24, 2.45) is 5.73 Å². The molecule has 0 bridgehead atoms. The van der Waals surface area contributed by atoms with Crippen LogP contribution in [0.2, 0.25) is 0 Å². The average molecular weight is 298 g/mol. The first-order valence-electron chi connectivity index (χ1n) is 7.66. The number of ether oxygens (including phenoxy) is 1. The molecule has 22 heavy (non-hydrogen) atoms. The van der Waals surface area contributed by atoms with Crippen molar-refractivity contribution in [2.45, 2.75) is 32.2 Å². The summed E-state index contributed by atoms with van der Waals surface area (Å²) in [4.78, 5) is 4.59. The first kappa shape index (κ1) is 14.5. The molecule has 0 atom stereocenters. The highest BCUT2D eigenvalue weighted by molar-refractivity contribution is 5.42. The van der Waals surface area contributed by atoms with Gasteiger partial charge in [-0.15, -0.1) is 0 Å². The number of hydrogen-bond donors (Lipinski definition) is 2. The zero-order chi connectivity index (χ0) is 15.5. The van der Waals surface area contributed by atoms with Gasteiger partial charge < -0.3 is 20.2 Å². The molecule has 0 unspecified atom stereocenters. The molecule has 2 heterocycles. The summed E-state index contributed by atoms with van der Waals surface area (Å²) in [6.45, 7) is 6.83. The summed E-state index contributed by atoms with van der Waals surface area (Å²) in [5.41, 5.74) is 9.70. The van der Waals surface area contributed by atoms with Gasteiger partial charge in [0.2, 0.25) is 0 Å². The first-order chi connectivity index (χ1) is 10.7. The van der Waals surface area contributed by atoms with Gasteiger partial charge in [0.25, 0.3) is 0 Å². The number of rotatable bonds is 7. The summed E-state index contributed by atoms with van der Waals surface area (Å²) < 4.78 is 7.34. The molecule has 116 valence electrons. The number of fused-ring (bicyclic) bond motifs is 1. The molecule has 2 aromatic rings. The summed E-state index contributed by atoms with van der Waals surface area (Å²) in [5, 5.41) is 3.15. The van der Waals surface area contributed by atoms with Crippen molar-refractivity contribution in [3.05, 3.63) is 60.0 Å². The van der Waals surface area contributed by atoms with E-state index in [4.69, 9.17) is 10.5 Å². The van der Waals surface area contributed by atoms with Crippen LogP contribution in [0.25, 0.3) is 5.65 Å². The Balaban J connectivity index is 1.64. The Morgan fingerprint density at radius 3 is 3.05 bits per heavy atom. The van der Waals surface area contributed by atoms with E-state index < -0.39 is 0 Å². The van der Waals surface area contributed by atoms with Gasteiger partial charge >= 0.3 is 0 Å². The second-order valence-corrected chi connectivity index (χ2v) is 5.57. The van der Waals surface area contributed by atoms with Crippen molar-refractivity contribution >= 4 is 5.65 Å². The molecule has 0 aromatic carbocycles. The zero-order valence-corrected chi connectivity index (χ0v) is 12.9. The minimum atomic E-state index is 0.485. The monoisotopic (exact) mass is 298 g/mol. The Hall–Kier alpha value is -2.43. The second kappa shape index (κ2) is 6.13. The minimum absolute atomic E-state index is 0.485. The van der Waals surface area contributed by atoms with E-state index >= 15 is 0 Å². The lowest BCUT2D eigenvalue weighted by Gasteiger charge is -2.07. The summed E-state index contributed by atoms with van der Waals surface area (Å²) in [5.74, 6) is 1.24. The van der Waals surface area contributed by atoms with E-state index in [1.807, 2.05) is 6.92 Å². The third-order valence-electron chi connectivity index (χ3n) is 3.75. The number of nitrogens with zero attached hydrogens (tertiary/aromatic N) is 2. The van der Waals surface area contributed by atoms with E-state index in [0.29, 0.717) is 24.6 Å². The highest BCUT2D eigenvalue weighted by Gasteiger charge is 2.23. The molecule has 0 spiro atoms. The van der Waals surface area contributed by atoms with Crippen LogP contribution in [0.1, 0.15) is 36.9 Å². The summed E-state index contributed by atoms with van der Waals surface area (Å²) >= 11 is 0. The molecule has 5 heteroatoms. The van der Waals surface area contributed by atoms with Crippen molar-refractivity contribution in [1.82, 2.24) is 14.7 Å². The van der Waals surface area contributed by atoms with Gasteiger partial charge in [-0.25, -0.2) is 4.98 Å². The normalized spacial score (nSPS) is 15.0. The minimum Gasteiger partial charge on any atom is -0.492 e. The molecule has 1 aliphatic carbocycles. The largest absolute Gasteiger partial charge is 0.492 e. The van der Waals surface area contributed by atoms with Crippen LogP contribution < -0.4 is 11.1 Å². The second-order valence-electron chi connectivity index (χ2n) is 5.57. The standard InChI is InChI=1S/C17H22N4O/c1-3-22-12(2)16(18)9-19-8-15-11-21-10-14(13-4-5-13)6-7-17(21)20-15/h6-7,9-11,13,19H,2-5,8,18H2,1H3/b16-9-. The molecular formula is C17H22N4O. The molecule has 3 N–H and O–H groups in total. The van der Waals surface area contributed by atoms with Gasteiger partial charge in [-0.2, -0.15) is 0 Å². The fraction of sp³-hybridized carbons (Fsp3) is 0.353. The van der Waals surface area contributed by atoms with Crippen molar-refractivity contribution in [3.63, 3.8) is 0 Å². The zero-order valence-electron chi connectivity index (χ0n) is 12.9. The molecule has 0 amide bonds. The van der Waals surface area contributed by atoms with Crippen molar-refractivity contribution in [1.29, 1.82) is 0 Å². The van der Waals surface area contributed by atoms with Gasteiger partial charge in [-0.05, 0) is 37.3 Å². The van der Waals surface area contributed by atoms with Crippen LogP contribution in [0.3, 0.4) is 0 Å². The van der Waals surface area contributed by atoms with Crippen LogP contribution >= 0.6 is 0 Å². The van der Waals surface area contributed by atoms with Gasteiger partial charge in [0.15, 0.2) is 0 Å². The van der Waals surface area contributed by atoms with Gasteiger partial charge in [0, 0.05) is 18.6 Å². The van der Waals surface area contributed by atoms with E-state index in [9.17, 15) is 0 Å². The van der Waals surface area contributed by atoms with E-state index in [1.165, 1.54) is 18.4 Å². The molecule has 1 fully saturated rings. The predicted molar refractivity (Wildman–Crippen MR) is 87.0 cm³/mol. The number of aromatic nitrogens is 2. The lowest BCUT2D eigenvalue weighted by atomic mass is 10.2. The summed E-state index contributed by atoms with van der Waals surface area (Å²) in [7, 11) is 0. The molecule has 3 rings (SSSR count). The molecule has 0 radical (unpaired) electrons. The first-order valence-corrected chi connectivity index (χ1v) is 7.66. The lowest BCUT2D eigenvalue weighted by Crippen LogP contribution is -2.12. The topological polar surface area (TPSA) is 64.6 Å². The summed E-state index contributed by atoms with van der Waals surface area (Å²) in [6, 6.07) is 4.26. The van der Waals surface area contributed by atoms with Crippen molar-refractivity contribution < 1.29 is 4.74 Å².